The predicted molar refractivity (Wildman–Crippen MR) is 47.2 cm³/mol. The number of carbonyl (C=O) groups is 1. The van der Waals surface area contributed by atoms with Gasteiger partial charge in [-0.05, 0) is 13.3 Å². The molecular weight excluding hydrogens is 154 g/mol. The second-order valence-electron chi connectivity index (χ2n) is 3.34. The lowest BCUT2D eigenvalue weighted by molar-refractivity contribution is -0.120. The summed E-state index contributed by atoms with van der Waals surface area (Å²) >= 11 is 0. The van der Waals surface area contributed by atoms with E-state index in [0.717, 1.165) is 26.1 Å². The third-order valence-corrected chi connectivity index (χ3v) is 2.12. The normalized spacial score (nSPS) is 25.7. The molecule has 0 radical (unpaired) electrons. The van der Waals surface area contributed by atoms with Crippen LogP contribution in [-0.2, 0) is 9.53 Å². The lowest BCUT2D eigenvalue weighted by Crippen LogP contribution is -2.43. The molecule has 0 aromatic heterocycles. The van der Waals surface area contributed by atoms with Crippen molar-refractivity contribution in [3.63, 3.8) is 0 Å². The van der Waals surface area contributed by atoms with Crippen molar-refractivity contribution in [2.75, 3.05) is 26.2 Å². The second-order valence-corrected chi connectivity index (χ2v) is 3.34. The van der Waals surface area contributed by atoms with Gasteiger partial charge in [-0.1, -0.05) is 6.92 Å². The number of morpholine rings is 1. The van der Waals surface area contributed by atoms with Crippen LogP contribution < -0.4 is 0 Å². The van der Waals surface area contributed by atoms with Crippen molar-refractivity contribution in [2.45, 2.75) is 26.4 Å². The molecule has 1 saturated heterocycles. The number of ketones is 1. The van der Waals surface area contributed by atoms with Crippen LogP contribution in [-0.4, -0.2) is 43.0 Å². The van der Waals surface area contributed by atoms with E-state index in [0.29, 0.717) is 12.6 Å². The van der Waals surface area contributed by atoms with Crippen molar-refractivity contribution in [1.82, 2.24) is 4.90 Å². The minimum Gasteiger partial charge on any atom is -0.376 e. The molecule has 1 unspecified atom stereocenters. The van der Waals surface area contributed by atoms with Crippen molar-refractivity contribution >= 4 is 5.78 Å². The van der Waals surface area contributed by atoms with Crippen LogP contribution in [0.3, 0.4) is 0 Å². The number of nitrogens with zero attached hydrogens (tertiary/aromatic N) is 1. The largest absolute Gasteiger partial charge is 0.376 e. The van der Waals surface area contributed by atoms with E-state index in [1.807, 2.05) is 0 Å². The van der Waals surface area contributed by atoms with Crippen LogP contribution in [0.15, 0.2) is 0 Å². The molecule has 70 valence electrons. The molecule has 1 heterocycles. The third kappa shape index (κ3) is 2.91. The van der Waals surface area contributed by atoms with E-state index in [1.54, 1.807) is 6.92 Å². The van der Waals surface area contributed by atoms with E-state index in [2.05, 4.69) is 11.8 Å². The molecular formula is C9H17NO2. The standard InChI is InChI=1S/C9H17NO2/c1-3-9-7-10(4-5-12-9)6-8(2)11/h9H,3-7H2,1-2H3. The van der Waals surface area contributed by atoms with Gasteiger partial charge in [0.15, 0.2) is 0 Å². The molecule has 12 heavy (non-hydrogen) atoms. The molecule has 3 nitrogen and oxygen atoms in total. The summed E-state index contributed by atoms with van der Waals surface area (Å²) < 4.78 is 5.49. The highest BCUT2D eigenvalue weighted by Crippen LogP contribution is 2.07. The van der Waals surface area contributed by atoms with E-state index in [4.69, 9.17) is 4.74 Å². The first kappa shape index (κ1) is 9.68. The van der Waals surface area contributed by atoms with Crippen LogP contribution in [0.2, 0.25) is 0 Å². The lowest BCUT2D eigenvalue weighted by atomic mass is 10.2. The Balaban J connectivity index is 2.30. The number of rotatable bonds is 3. The second kappa shape index (κ2) is 4.58. The highest BCUT2D eigenvalue weighted by atomic mass is 16.5. The molecule has 3 heteroatoms. The fraction of sp³-hybridized carbons (Fsp3) is 0.889. The van der Waals surface area contributed by atoms with Gasteiger partial charge < -0.3 is 4.74 Å². The Kier molecular flexibility index (Phi) is 3.69. The molecule has 1 fully saturated rings. The van der Waals surface area contributed by atoms with Gasteiger partial charge in [-0.2, -0.15) is 0 Å². The Labute approximate surface area is 73.7 Å². The summed E-state index contributed by atoms with van der Waals surface area (Å²) in [5, 5.41) is 0. The molecule has 0 bridgehead atoms. The highest BCUT2D eigenvalue weighted by molar-refractivity contribution is 5.77. The maximum absolute atomic E-state index is 10.8. The average molecular weight is 171 g/mol. The fourth-order valence-corrected chi connectivity index (χ4v) is 1.49. The Bertz CT molecular complexity index is 159. The van der Waals surface area contributed by atoms with Crippen LogP contribution in [0.5, 0.6) is 0 Å². The van der Waals surface area contributed by atoms with E-state index < -0.39 is 0 Å². The van der Waals surface area contributed by atoms with Crippen LogP contribution in [0.25, 0.3) is 0 Å². The van der Waals surface area contributed by atoms with Crippen LogP contribution >= 0.6 is 0 Å². The zero-order chi connectivity index (χ0) is 8.97. The zero-order valence-electron chi connectivity index (χ0n) is 7.88. The van der Waals surface area contributed by atoms with Crippen molar-refractivity contribution in [3.05, 3.63) is 0 Å². The van der Waals surface area contributed by atoms with E-state index in [9.17, 15) is 4.79 Å². The topological polar surface area (TPSA) is 29.5 Å². The predicted octanol–water partition coefficient (Wildman–Crippen LogP) is 0.686. The monoisotopic (exact) mass is 171 g/mol. The van der Waals surface area contributed by atoms with Gasteiger partial charge in [0, 0.05) is 13.1 Å². The van der Waals surface area contributed by atoms with Gasteiger partial charge in [-0.15, -0.1) is 0 Å². The first-order valence-corrected chi connectivity index (χ1v) is 4.55. The van der Waals surface area contributed by atoms with Crippen molar-refractivity contribution in [1.29, 1.82) is 0 Å². The van der Waals surface area contributed by atoms with Crippen LogP contribution in [0, 0.1) is 0 Å². The summed E-state index contributed by atoms with van der Waals surface area (Å²) in [5.41, 5.74) is 0. The SMILES string of the molecule is CCC1CN(CC(C)=O)CCO1. The average Bonchev–Trinajstić information content (AvgIpc) is 2.03. The summed E-state index contributed by atoms with van der Waals surface area (Å²) in [6, 6.07) is 0. The molecule has 1 aliphatic rings. The number of hydrogen-bond acceptors (Lipinski definition) is 3. The minimum atomic E-state index is 0.242. The molecule has 1 aliphatic heterocycles. The molecule has 0 aromatic rings. The highest BCUT2D eigenvalue weighted by Gasteiger charge is 2.19. The molecule has 0 saturated carbocycles. The van der Waals surface area contributed by atoms with Gasteiger partial charge >= 0.3 is 0 Å². The van der Waals surface area contributed by atoms with Gasteiger partial charge in [-0.25, -0.2) is 0 Å². The molecule has 0 aliphatic carbocycles. The van der Waals surface area contributed by atoms with Gasteiger partial charge in [0.25, 0.3) is 0 Å². The summed E-state index contributed by atoms with van der Waals surface area (Å²) in [4.78, 5) is 13.0. The Morgan fingerprint density at radius 1 is 1.67 bits per heavy atom. The molecule has 1 rings (SSSR count). The molecule has 0 aromatic carbocycles. The summed E-state index contributed by atoms with van der Waals surface area (Å²) in [6.07, 6.45) is 1.37. The third-order valence-electron chi connectivity index (χ3n) is 2.12. The summed E-state index contributed by atoms with van der Waals surface area (Å²) in [5.74, 6) is 0.242. The fourth-order valence-electron chi connectivity index (χ4n) is 1.49. The quantitative estimate of drug-likeness (QED) is 0.625. The molecule has 0 spiro atoms. The molecule has 0 N–H and O–H groups in total. The van der Waals surface area contributed by atoms with E-state index in [1.165, 1.54) is 0 Å². The van der Waals surface area contributed by atoms with Gasteiger partial charge in [0.1, 0.15) is 5.78 Å². The van der Waals surface area contributed by atoms with Crippen molar-refractivity contribution < 1.29 is 9.53 Å². The smallest absolute Gasteiger partial charge is 0.143 e. The van der Waals surface area contributed by atoms with E-state index >= 15 is 0 Å². The Hall–Kier alpha value is -0.410. The summed E-state index contributed by atoms with van der Waals surface area (Å²) in [7, 11) is 0. The number of carbonyl (C=O) groups excluding carboxylic acids is 1. The van der Waals surface area contributed by atoms with Crippen LogP contribution in [0.1, 0.15) is 20.3 Å². The first-order valence-electron chi connectivity index (χ1n) is 4.55. The lowest BCUT2D eigenvalue weighted by Gasteiger charge is -2.31. The number of Topliss-reactive ketones (excluding diaryl/α,β-unsaturated/α-hetero) is 1. The first-order chi connectivity index (χ1) is 5.72. The zero-order valence-corrected chi connectivity index (χ0v) is 7.88. The van der Waals surface area contributed by atoms with Crippen molar-refractivity contribution in [2.24, 2.45) is 0 Å². The summed E-state index contributed by atoms with van der Waals surface area (Å²) in [6.45, 7) is 6.91. The minimum absolute atomic E-state index is 0.242. The van der Waals surface area contributed by atoms with Crippen LogP contribution in [0.4, 0.5) is 0 Å². The van der Waals surface area contributed by atoms with Gasteiger partial charge in [0.2, 0.25) is 0 Å². The molecule has 0 amide bonds. The maximum Gasteiger partial charge on any atom is 0.143 e. The van der Waals surface area contributed by atoms with Gasteiger partial charge in [0.05, 0.1) is 19.3 Å². The number of ether oxygens (including phenoxy) is 1. The van der Waals surface area contributed by atoms with E-state index in [-0.39, 0.29) is 5.78 Å². The number of hydrogen-bond donors (Lipinski definition) is 0. The maximum atomic E-state index is 10.8. The molecule has 1 atom stereocenters. The van der Waals surface area contributed by atoms with Gasteiger partial charge in [-0.3, -0.25) is 9.69 Å². The Morgan fingerprint density at radius 2 is 2.42 bits per heavy atom. The Morgan fingerprint density at radius 3 is 3.00 bits per heavy atom. The van der Waals surface area contributed by atoms with Crippen molar-refractivity contribution in [3.8, 4) is 0 Å².